The number of allylic oxidation sites excluding steroid dienone is 2. The molecule has 13 heavy (non-hydrogen) atoms. The number of rotatable bonds is 0. The quantitative estimate of drug-likeness (QED) is 0.474. The van der Waals surface area contributed by atoms with Crippen LogP contribution < -0.4 is 0 Å². The van der Waals surface area contributed by atoms with E-state index in [4.69, 9.17) is 0 Å². The van der Waals surface area contributed by atoms with Crippen LogP contribution in [-0.2, 0) is 4.32 Å². The van der Waals surface area contributed by atoms with Crippen molar-refractivity contribution in [3.05, 3.63) is 47.0 Å². The van der Waals surface area contributed by atoms with E-state index in [0.29, 0.717) is 5.92 Å². The first-order valence-electron chi connectivity index (χ1n) is 4.69. The molecule has 0 aromatic heterocycles. The molecule has 2 bridgehead atoms. The summed E-state index contributed by atoms with van der Waals surface area (Å²) in [4.78, 5) is 0. The lowest BCUT2D eigenvalue weighted by atomic mass is 9.92. The normalized spacial score (nSPS) is 34.6. The van der Waals surface area contributed by atoms with Crippen molar-refractivity contribution >= 4 is 15.9 Å². The first-order valence-corrected chi connectivity index (χ1v) is 5.48. The molecule has 0 saturated carbocycles. The van der Waals surface area contributed by atoms with Crippen LogP contribution in [0.25, 0.3) is 0 Å². The zero-order valence-corrected chi connectivity index (χ0v) is 9.14. The third-order valence-electron chi connectivity index (χ3n) is 3.36. The summed E-state index contributed by atoms with van der Waals surface area (Å²) < 4.78 is 0.175. The van der Waals surface area contributed by atoms with Crippen molar-refractivity contribution in [1.29, 1.82) is 0 Å². The zero-order valence-electron chi connectivity index (χ0n) is 7.55. The van der Waals surface area contributed by atoms with Crippen LogP contribution in [0.15, 0.2) is 35.9 Å². The molecule has 1 aromatic rings. The summed E-state index contributed by atoms with van der Waals surface area (Å²) in [6.07, 6.45) is 3.62. The molecule has 0 amide bonds. The first kappa shape index (κ1) is 7.81. The number of alkyl halides is 1. The van der Waals surface area contributed by atoms with Gasteiger partial charge in [-0.1, -0.05) is 51.8 Å². The molecule has 0 spiro atoms. The monoisotopic (exact) mass is 234 g/mol. The smallest absolute Gasteiger partial charge is 0.0723 e. The van der Waals surface area contributed by atoms with E-state index in [1.165, 1.54) is 23.1 Å². The Bertz CT molecular complexity index is 405. The van der Waals surface area contributed by atoms with Crippen molar-refractivity contribution in [2.24, 2.45) is 0 Å². The first-order chi connectivity index (χ1) is 6.22. The fraction of sp³-hybridized carbons (Fsp3) is 0.333. The van der Waals surface area contributed by atoms with Gasteiger partial charge in [-0.3, -0.25) is 0 Å². The van der Waals surface area contributed by atoms with Gasteiger partial charge in [0.1, 0.15) is 0 Å². The van der Waals surface area contributed by atoms with Gasteiger partial charge >= 0.3 is 0 Å². The molecular formula is C12H11Br. The van der Waals surface area contributed by atoms with Crippen molar-refractivity contribution in [3.8, 4) is 0 Å². The fourth-order valence-electron chi connectivity index (χ4n) is 2.66. The third kappa shape index (κ3) is 0.812. The van der Waals surface area contributed by atoms with Crippen LogP contribution in [0.5, 0.6) is 0 Å². The zero-order chi connectivity index (χ0) is 9.05. The van der Waals surface area contributed by atoms with Crippen molar-refractivity contribution in [3.63, 3.8) is 0 Å². The van der Waals surface area contributed by atoms with Crippen LogP contribution in [0.3, 0.4) is 0 Å². The van der Waals surface area contributed by atoms with Crippen molar-refractivity contribution < 1.29 is 0 Å². The Balaban J connectivity index is 2.30. The van der Waals surface area contributed by atoms with Gasteiger partial charge in [0.2, 0.25) is 0 Å². The topological polar surface area (TPSA) is 0 Å². The summed E-state index contributed by atoms with van der Waals surface area (Å²) in [6.45, 7) is 2.23. The Hall–Kier alpha value is -0.560. The number of fused-ring (bicyclic) bond motifs is 5. The molecule has 1 heteroatoms. The predicted molar refractivity (Wildman–Crippen MR) is 58.2 cm³/mol. The van der Waals surface area contributed by atoms with Gasteiger partial charge in [0, 0.05) is 5.92 Å². The van der Waals surface area contributed by atoms with Crippen molar-refractivity contribution in [1.82, 2.24) is 0 Å². The summed E-state index contributed by atoms with van der Waals surface area (Å²) in [7, 11) is 0. The van der Waals surface area contributed by atoms with Gasteiger partial charge in [0.25, 0.3) is 0 Å². The minimum atomic E-state index is 0.175. The summed E-state index contributed by atoms with van der Waals surface area (Å²) >= 11 is 3.88. The molecule has 66 valence electrons. The third-order valence-corrected chi connectivity index (χ3v) is 4.74. The molecule has 2 unspecified atom stereocenters. The summed E-state index contributed by atoms with van der Waals surface area (Å²) in [5, 5.41) is 0. The lowest BCUT2D eigenvalue weighted by molar-refractivity contribution is 0.742. The standard InChI is InChI=1S/C12H11Br/c1-8-6-9-7-12(8,13)11-5-3-2-4-10(9)11/h2-6,9H,7H2,1H3. The van der Waals surface area contributed by atoms with E-state index in [2.05, 4.69) is 53.2 Å². The molecule has 1 aromatic carbocycles. The summed E-state index contributed by atoms with van der Waals surface area (Å²) in [5.41, 5.74) is 4.49. The summed E-state index contributed by atoms with van der Waals surface area (Å²) in [6, 6.07) is 8.78. The van der Waals surface area contributed by atoms with Crippen LogP contribution in [0, 0.1) is 0 Å². The van der Waals surface area contributed by atoms with Gasteiger partial charge in [-0.05, 0) is 24.5 Å². The average molecular weight is 235 g/mol. The highest BCUT2D eigenvalue weighted by molar-refractivity contribution is 9.09. The van der Waals surface area contributed by atoms with E-state index in [1.807, 2.05) is 0 Å². The van der Waals surface area contributed by atoms with Gasteiger partial charge in [-0.25, -0.2) is 0 Å². The van der Waals surface area contributed by atoms with E-state index >= 15 is 0 Å². The van der Waals surface area contributed by atoms with E-state index in [0.717, 1.165) is 0 Å². The lowest BCUT2D eigenvalue weighted by Gasteiger charge is -2.23. The highest BCUT2D eigenvalue weighted by Crippen LogP contribution is 2.59. The molecule has 0 aliphatic heterocycles. The molecule has 0 N–H and O–H groups in total. The predicted octanol–water partition coefficient (Wildman–Crippen LogP) is 3.72. The number of benzene rings is 1. The number of hydrogen-bond donors (Lipinski definition) is 0. The van der Waals surface area contributed by atoms with Gasteiger partial charge < -0.3 is 0 Å². The van der Waals surface area contributed by atoms with Crippen LogP contribution in [0.1, 0.15) is 30.4 Å². The average Bonchev–Trinajstić information content (AvgIpc) is 2.57. The fourth-order valence-corrected chi connectivity index (χ4v) is 3.50. The molecular weight excluding hydrogens is 224 g/mol. The number of hydrogen-bond acceptors (Lipinski definition) is 0. The lowest BCUT2D eigenvalue weighted by Crippen LogP contribution is -2.13. The van der Waals surface area contributed by atoms with Crippen LogP contribution in [0.4, 0.5) is 0 Å². The van der Waals surface area contributed by atoms with E-state index in [1.54, 1.807) is 0 Å². The van der Waals surface area contributed by atoms with E-state index < -0.39 is 0 Å². The molecule has 3 rings (SSSR count). The maximum atomic E-state index is 3.88. The minimum absolute atomic E-state index is 0.175. The molecule has 2 atom stereocenters. The number of halogens is 1. The van der Waals surface area contributed by atoms with Crippen LogP contribution in [0.2, 0.25) is 0 Å². The minimum Gasteiger partial charge on any atom is -0.0763 e. The van der Waals surface area contributed by atoms with Gasteiger partial charge in [-0.2, -0.15) is 0 Å². The second-order valence-corrected chi connectivity index (χ2v) is 5.40. The SMILES string of the molecule is CC1=CC2CC1(Br)c1ccccc12. The largest absolute Gasteiger partial charge is 0.0763 e. The molecule has 2 aliphatic carbocycles. The maximum Gasteiger partial charge on any atom is 0.0723 e. The molecule has 0 heterocycles. The molecule has 0 saturated heterocycles. The second kappa shape index (κ2) is 2.27. The van der Waals surface area contributed by atoms with Gasteiger partial charge in [-0.15, -0.1) is 0 Å². The highest BCUT2D eigenvalue weighted by Gasteiger charge is 2.46. The Kier molecular flexibility index (Phi) is 1.36. The van der Waals surface area contributed by atoms with Crippen LogP contribution in [-0.4, -0.2) is 0 Å². The van der Waals surface area contributed by atoms with Gasteiger partial charge in [0.05, 0.1) is 4.32 Å². The second-order valence-electron chi connectivity index (χ2n) is 4.05. The Morgan fingerprint density at radius 1 is 1.38 bits per heavy atom. The summed E-state index contributed by atoms with van der Waals surface area (Å²) in [5.74, 6) is 0.663. The maximum absolute atomic E-state index is 3.88. The molecule has 0 nitrogen and oxygen atoms in total. The van der Waals surface area contributed by atoms with Crippen molar-refractivity contribution in [2.75, 3.05) is 0 Å². The Labute approximate surface area is 86.8 Å². The van der Waals surface area contributed by atoms with E-state index in [-0.39, 0.29) is 4.32 Å². The van der Waals surface area contributed by atoms with Gasteiger partial charge in [0.15, 0.2) is 0 Å². The highest BCUT2D eigenvalue weighted by atomic mass is 79.9. The molecule has 0 fully saturated rings. The van der Waals surface area contributed by atoms with Crippen molar-refractivity contribution in [2.45, 2.75) is 23.6 Å². The van der Waals surface area contributed by atoms with E-state index in [9.17, 15) is 0 Å². The van der Waals surface area contributed by atoms with Crippen LogP contribution >= 0.6 is 15.9 Å². The Morgan fingerprint density at radius 2 is 2.15 bits per heavy atom. The Morgan fingerprint density at radius 3 is 3.00 bits per heavy atom. The molecule has 0 radical (unpaired) electrons. The molecule has 2 aliphatic rings.